The molecular weight excluding hydrogens is 340 g/mol. The highest BCUT2D eigenvalue weighted by Crippen LogP contribution is 2.32. The fraction of sp³-hybridized carbons (Fsp3) is 0.500. The molecule has 2 N–H and O–H groups in total. The maximum Gasteiger partial charge on any atom is 0.221 e. The van der Waals surface area contributed by atoms with Crippen LogP contribution >= 0.6 is 22.7 Å². The first-order valence-corrected chi connectivity index (χ1v) is 10.2. The van der Waals surface area contributed by atoms with Crippen LogP contribution in [0.3, 0.4) is 0 Å². The average molecular weight is 365 g/mol. The van der Waals surface area contributed by atoms with Gasteiger partial charge in [0.15, 0.2) is 0 Å². The monoisotopic (exact) mass is 364 g/mol. The lowest BCUT2D eigenvalue weighted by molar-refractivity contribution is -0.121. The summed E-state index contributed by atoms with van der Waals surface area (Å²) in [5.41, 5.74) is 0. The molecule has 3 heterocycles. The van der Waals surface area contributed by atoms with E-state index in [1.54, 1.807) is 22.7 Å². The smallest absolute Gasteiger partial charge is 0.221 e. The Labute approximate surface area is 151 Å². The first-order chi connectivity index (χ1) is 11.7. The highest BCUT2D eigenvalue weighted by Gasteiger charge is 2.26. The van der Waals surface area contributed by atoms with Crippen LogP contribution in [0.1, 0.15) is 35.1 Å². The van der Waals surface area contributed by atoms with Crippen molar-refractivity contribution in [3.63, 3.8) is 0 Å². The van der Waals surface area contributed by atoms with Crippen molar-refractivity contribution in [3.05, 3.63) is 44.8 Å². The summed E-state index contributed by atoms with van der Waals surface area (Å²) >= 11 is 3.29. The van der Waals surface area contributed by atoms with Gasteiger partial charge in [-0.3, -0.25) is 4.79 Å². The summed E-state index contributed by atoms with van der Waals surface area (Å²) in [4.78, 5) is 16.5. The Balaban J connectivity index is 1.34. The molecule has 3 rings (SSSR count). The number of carbonyl (C=O) groups excluding carboxylic acids is 1. The number of aliphatic hydroxyl groups excluding tert-OH is 1. The zero-order chi connectivity index (χ0) is 16.8. The molecule has 0 radical (unpaired) electrons. The fourth-order valence-electron chi connectivity index (χ4n) is 3.13. The SMILES string of the molecule is O=C(CCN1CCC([C@H](O)c2cccs2)CC1)NCc1cccs1. The molecule has 1 fully saturated rings. The molecule has 0 unspecified atom stereocenters. The number of carbonyl (C=O) groups is 1. The Kier molecular flexibility index (Phi) is 6.43. The van der Waals surface area contributed by atoms with E-state index in [0.717, 1.165) is 37.4 Å². The molecule has 1 aliphatic rings. The quantitative estimate of drug-likeness (QED) is 0.793. The van der Waals surface area contributed by atoms with E-state index >= 15 is 0 Å². The number of amides is 1. The van der Waals surface area contributed by atoms with Gasteiger partial charge in [0.2, 0.25) is 5.91 Å². The van der Waals surface area contributed by atoms with Gasteiger partial charge < -0.3 is 15.3 Å². The molecule has 0 aromatic carbocycles. The number of hydrogen-bond acceptors (Lipinski definition) is 5. The maximum atomic E-state index is 11.9. The van der Waals surface area contributed by atoms with Gasteiger partial charge in [0.1, 0.15) is 0 Å². The molecule has 4 nitrogen and oxygen atoms in total. The van der Waals surface area contributed by atoms with Gasteiger partial charge in [0.05, 0.1) is 12.6 Å². The molecule has 24 heavy (non-hydrogen) atoms. The molecule has 2 aromatic rings. The molecule has 1 aliphatic heterocycles. The number of nitrogens with zero attached hydrogens (tertiary/aromatic N) is 1. The third kappa shape index (κ3) is 4.89. The molecule has 6 heteroatoms. The van der Waals surface area contributed by atoms with E-state index in [0.29, 0.717) is 18.9 Å². The summed E-state index contributed by atoms with van der Waals surface area (Å²) < 4.78 is 0. The van der Waals surface area contributed by atoms with E-state index in [1.807, 2.05) is 35.0 Å². The highest BCUT2D eigenvalue weighted by atomic mass is 32.1. The second-order valence-corrected chi connectivity index (χ2v) is 8.26. The minimum atomic E-state index is -0.332. The predicted molar refractivity (Wildman–Crippen MR) is 99.2 cm³/mol. The lowest BCUT2D eigenvalue weighted by Crippen LogP contribution is -2.38. The second-order valence-electron chi connectivity index (χ2n) is 6.25. The third-order valence-corrected chi connectivity index (χ3v) is 6.43. The van der Waals surface area contributed by atoms with Crippen molar-refractivity contribution in [1.29, 1.82) is 0 Å². The highest BCUT2D eigenvalue weighted by molar-refractivity contribution is 7.10. The fourth-order valence-corrected chi connectivity index (χ4v) is 4.58. The van der Waals surface area contributed by atoms with E-state index in [1.165, 1.54) is 4.88 Å². The van der Waals surface area contributed by atoms with Crippen molar-refractivity contribution in [2.45, 2.75) is 31.9 Å². The van der Waals surface area contributed by atoms with Crippen LogP contribution in [-0.2, 0) is 11.3 Å². The number of likely N-dealkylation sites (tertiary alicyclic amines) is 1. The van der Waals surface area contributed by atoms with Crippen LogP contribution in [-0.4, -0.2) is 35.5 Å². The molecule has 0 aliphatic carbocycles. The first kappa shape index (κ1) is 17.6. The zero-order valence-corrected chi connectivity index (χ0v) is 15.3. The third-order valence-electron chi connectivity index (χ3n) is 4.61. The van der Waals surface area contributed by atoms with E-state index < -0.39 is 0 Å². The van der Waals surface area contributed by atoms with Crippen LogP contribution in [0.4, 0.5) is 0 Å². The molecule has 1 amide bonds. The van der Waals surface area contributed by atoms with Crippen molar-refractivity contribution in [3.8, 4) is 0 Å². The molecule has 130 valence electrons. The van der Waals surface area contributed by atoms with Crippen LogP contribution in [0.25, 0.3) is 0 Å². The van der Waals surface area contributed by atoms with Crippen LogP contribution in [0.2, 0.25) is 0 Å². The Hall–Kier alpha value is -1.21. The number of thiophene rings is 2. The number of piperidine rings is 1. The molecule has 2 aromatic heterocycles. The molecule has 1 atom stereocenters. The van der Waals surface area contributed by atoms with E-state index in [-0.39, 0.29) is 12.0 Å². The van der Waals surface area contributed by atoms with Gasteiger partial charge in [-0.15, -0.1) is 22.7 Å². The number of nitrogens with one attached hydrogen (secondary N) is 1. The zero-order valence-electron chi connectivity index (χ0n) is 13.7. The van der Waals surface area contributed by atoms with Gasteiger partial charge in [-0.25, -0.2) is 0 Å². The van der Waals surface area contributed by atoms with E-state index in [2.05, 4.69) is 10.2 Å². The van der Waals surface area contributed by atoms with Gasteiger partial charge in [-0.2, -0.15) is 0 Å². The van der Waals surface area contributed by atoms with Crippen molar-refractivity contribution in [2.75, 3.05) is 19.6 Å². The topological polar surface area (TPSA) is 52.6 Å². The van der Waals surface area contributed by atoms with Crippen molar-refractivity contribution in [1.82, 2.24) is 10.2 Å². The molecular formula is C18H24N2O2S2. The Bertz CT molecular complexity index is 605. The summed E-state index contributed by atoms with van der Waals surface area (Å²) in [7, 11) is 0. The maximum absolute atomic E-state index is 11.9. The number of aliphatic hydroxyl groups is 1. The summed E-state index contributed by atoms with van der Waals surface area (Å²) in [6.07, 6.45) is 2.20. The first-order valence-electron chi connectivity index (χ1n) is 8.45. The van der Waals surface area contributed by atoms with Gasteiger partial charge in [0.25, 0.3) is 0 Å². The van der Waals surface area contributed by atoms with Crippen LogP contribution in [0, 0.1) is 5.92 Å². The minimum absolute atomic E-state index is 0.115. The molecule has 0 spiro atoms. The summed E-state index contributed by atoms with van der Waals surface area (Å²) in [5, 5.41) is 17.4. The Morgan fingerprint density at radius 1 is 1.25 bits per heavy atom. The average Bonchev–Trinajstić information content (AvgIpc) is 3.31. The number of rotatable bonds is 7. The molecule has 0 saturated carbocycles. The van der Waals surface area contributed by atoms with Crippen molar-refractivity contribution >= 4 is 28.6 Å². The van der Waals surface area contributed by atoms with Gasteiger partial charge in [-0.05, 0) is 54.7 Å². The standard InChI is InChI=1S/C18H24N2O2S2/c21-17(19-13-15-3-1-11-23-15)7-10-20-8-5-14(6-9-20)18(22)16-4-2-12-24-16/h1-4,11-12,14,18,22H,5-10,13H2,(H,19,21)/t18-/m0/s1. The summed E-state index contributed by atoms with van der Waals surface area (Å²) in [6.45, 7) is 3.36. The Morgan fingerprint density at radius 3 is 2.67 bits per heavy atom. The number of hydrogen-bond donors (Lipinski definition) is 2. The van der Waals surface area contributed by atoms with Crippen molar-refractivity contribution < 1.29 is 9.90 Å². The Morgan fingerprint density at radius 2 is 2.00 bits per heavy atom. The van der Waals surface area contributed by atoms with Crippen LogP contribution in [0.15, 0.2) is 35.0 Å². The van der Waals surface area contributed by atoms with E-state index in [4.69, 9.17) is 0 Å². The predicted octanol–water partition coefficient (Wildman–Crippen LogP) is 3.26. The molecule has 0 bridgehead atoms. The second kappa shape index (κ2) is 8.76. The van der Waals surface area contributed by atoms with Gasteiger partial charge in [-0.1, -0.05) is 12.1 Å². The minimum Gasteiger partial charge on any atom is -0.387 e. The molecule has 1 saturated heterocycles. The normalized spacial score (nSPS) is 17.7. The largest absolute Gasteiger partial charge is 0.387 e. The summed E-state index contributed by atoms with van der Waals surface area (Å²) in [5.74, 6) is 0.455. The van der Waals surface area contributed by atoms with Crippen molar-refractivity contribution in [2.24, 2.45) is 5.92 Å². The lowest BCUT2D eigenvalue weighted by atomic mass is 9.90. The van der Waals surface area contributed by atoms with E-state index in [9.17, 15) is 9.90 Å². The lowest BCUT2D eigenvalue weighted by Gasteiger charge is -2.33. The van der Waals surface area contributed by atoms with Gasteiger partial charge >= 0.3 is 0 Å². The summed E-state index contributed by atoms with van der Waals surface area (Å²) in [6, 6.07) is 8.04. The van der Waals surface area contributed by atoms with Gasteiger partial charge in [0, 0.05) is 22.7 Å². The van der Waals surface area contributed by atoms with Crippen LogP contribution < -0.4 is 5.32 Å². The van der Waals surface area contributed by atoms with Crippen LogP contribution in [0.5, 0.6) is 0 Å².